The summed E-state index contributed by atoms with van der Waals surface area (Å²) in [5, 5.41) is 6.03. The average Bonchev–Trinajstić information content (AvgIpc) is 2.54. The lowest BCUT2D eigenvalue weighted by Crippen LogP contribution is -2.16. The number of benzene rings is 1. The molecule has 7 heteroatoms. The summed E-state index contributed by atoms with van der Waals surface area (Å²) in [4.78, 5) is 20.9. The van der Waals surface area contributed by atoms with E-state index in [-0.39, 0.29) is 5.91 Å². The molecule has 1 amide bonds. The minimum absolute atomic E-state index is 0.267. The second-order valence-electron chi connectivity index (χ2n) is 5.38. The van der Waals surface area contributed by atoms with E-state index in [1.165, 1.54) is 0 Å². The van der Waals surface area contributed by atoms with Gasteiger partial charge in [-0.1, -0.05) is 22.0 Å². The van der Waals surface area contributed by atoms with E-state index in [1.54, 1.807) is 20.1 Å². The van der Waals surface area contributed by atoms with Crippen molar-refractivity contribution in [2.24, 2.45) is 0 Å². The first-order valence-electron chi connectivity index (χ1n) is 7.65. The highest BCUT2D eigenvalue weighted by Crippen LogP contribution is 2.21. The monoisotopic (exact) mass is 392 g/mol. The molecule has 0 saturated carbocycles. The molecular formula is C17H21BrN4O2. The first-order valence-corrected chi connectivity index (χ1v) is 8.45. The molecule has 1 heterocycles. The SMILES string of the molecule is COCCCNc1cc(C(=O)Nc2ccc(C)c(Br)c2)nc(C)n1. The first-order chi connectivity index (χ1) is 11.5. The van der Waals surface area contributed by atoms with Gasteiger partial charge < -0.3 is 15.4 Å². The Morgan fingerprint density at radius 3 is 2.75 bits per heavy atom. The predicted octanol–water partition coefficient (Wildman–Crippen LogP) is 3.56. The van der Waals surface area contributed by atoms with Crippen molar-refractivity contribution in [2.75, 3.05) is 30.9 Å². The average molecular weight is 393 g/mol. The molecule has 0 saturated heterocycles. The van der Waals surface area contributed by atoms with Gasteiger partial charge in [-0.05, 0) is 38.0 Å². The van der Waals surface area contributed by atoms with Crippen molar-refractivity contribution >= 4 is 33.3 Å². The Morgan fingerprint density at radius 1 is 1.25 bits per heavy atom. The van der Waals surface area contributed by atoms with E-state index in [0.717, 1.165) is 23.0 Å². The molecule has 0 unspecified atom stereocenters. The van der Waals surface area contributed by atoms with Crippen molar-refractivity contribution in [1.82, 2.24) is 9.97 Å². The van der Waals surface area contributed by atoms with Gasteiger partial charge in [-0.25, -0.2) is 9.97 Å². The summed E-state index contributed by atoms with van der Waals surface area (Å²) in [6, 6.07) is 7.31. The second-order valence-corrected chi connectivity index (χ2v) is 6.23. The number of halogens is 1. The maximum absolute atomic E-state index is 12.4. The minimum Gasteiger partial charge on any atom is -0.385 e. The molecule has 1 aromatic carbocycles. The summed E-state index contributed by atoms with van der Waals surface area (Å²) >= 11 is 3.46. The van der Waals surface area contributed by atoms with Crippen LogP contribution in [0.3, 0.4) is 0 Å². The zero-order chi connectivity index (χ0) is 17.5. The van der Waals surface area contributed by atoms with E-state index < -0.39 is 0 Å². The number of ether oxygens (including phenoxy) is 1. The summed E-state index contributed by atoms with van der Waals surface area (Å²) in [5.41, 5.74) is 2.14. The quantitative estimate of drug-likeness (QED) is 0.704. The van der Waals surface area contributed by atoms with Crippen LogP contribution in [0.15, 0.2) is 28.7 Å². The summed E-state index contributed by atoms with van der Waals surface area (Å²) < 4.78 is 5.95. The van der Waals surface area contributed by atoms with Crippen LogP contribution in [-0.2, 0) is 4.74 Å². The van der Waals surface area contributed by atoms with Gasteiger partial charge in [0, 0.05) is 36.5 Å². The van der Waals surface area contributed by atoms with Gasteiger partial charge in [0.15, 0.2) is 0 Å². The van der Waals surface area contributed by atoms with Crippen molar-refractivity contribution < 1.29 is 9.53 Å². The van der Waals surface area contributed by atoms with Gasteiger partial charge >= 0.3 is 0 Å². The van der Waals surface area contributed by atoms with Crippen molar-refractivity contribution in [3.05, 3.63) is 45.8 Å². The van der Waals surface area contributed by atoms with E-state index in [0.29, 0.717) is 29.6 Å². The van der Waals surface area contributed by atoms with Crippen LogP contribution in [0.5, 0.6) is 0 Å². The number of hydrogen-bond acceptors (Lipinski definition) is 5. The third-order valence-electron chi connectivity index (χ3n) is 3.33. The summed E-state index contributed by atoms with van der Waals surface area (Å²) in [7, 11) is 1.67. The Labute approximate surface area is 150 Å². The smallest absolute Gasteiger partial charge is 0.274 e. The Kier molecular flexibility index (Phi) is 6.69. The molecule has 0 atom stereocenters. The molecule has 0 bridgehead atoms. The van der Waals surface area contributed by atoms with Crippen LogP contribution < -0.4 is 10.6 Å². The van der Waals surface area contributed by atoms with E-state index in [1.807, 2.05) is 25.1 Å². The minimum atomic E-state index is -0.267. The Bertz CT molecular complexity index is 722. The van der Waals surface area contributed by atoms with Gasteiger partial charge in [-0.3, -0.25) is 4.79 Å². The first kappa shape index (κ1) is 18.4. The van der Waals surface area contributed by atoms with Crippen LogP contribution in [0.2, 0.25) is 0 Å². The third kappa shape index (κ3) is 5.28. The molecule has 0 radical (unpaired) electrons. The van der Waals surface area contributed by atoms with Crippen LogP contribution in [0.1, 0.15) is 28.3 Å². The normalized spacial score (nSPS) is 10.5. The Balaban J connectivity index is 2.07. The van der Waals surface area contributed by atoms with E-state index in [9.17, 15) is 4.79 Å². The number of methoxy groups -OCH3 is 1. The molecule has 0 spiro atoms. The standard InChI is InChI=1S/C17H21BrN4O2/c1-11-5-6-13(9-14(11)18)22-17(23)15-10-16(21-12(2)20-15)19-7-4-8-24-3/h5-6,9-10H,4,7-8H2,1-3H3,(H,22,23)(H,19,20,21). The van der Waals surface area contributed by atoms with Crippen molar-refractivity contribution in [1.29, 1.82) is 0 Å². The number of nitrogens with zero attached hydrogens (tertiary/aromatic N) is 2. The molecule has 128 valence electrons. The largest absolute Gasteiger partial charge is 0.385 e. The molecular weight excluding hydrogens is 372 g/mol. The number of amides is 1. The Morgan fingerprint density at radius 2 is 2.04 bits per heavy atom. The highest BCUT2D eigenvalue weighted by atomic mass is 79.9. The number of nitrogens with one attached hydrogen (secondary N) is 2. The molecule has 2 N–H and O–H groups in total. The lowest BCUT2D eigenvalue weighted by atomic mass is 10.2. The Hall–Kier alpha value is -1.99. The van der Waals surface area contributed by atoms with Crippen molar-refractivity contribution in [2.45, 2.75) is 20.3 Å². The molecule has 0 aliphatic carbocycles. The lowest BCUT2D eigenvalue weighted by molar-refractivity contribution is 0.102. The van der Waals surface area contributed by atoms with Crippen molar-refractivity contribution in [3.63, 3.8) is 0 Å². The van der Waals surface area contributed by atoms with Crippen molar-refractivity contribution in [3.8, 4) is 0 Å². The van der Waals surface area contributed by atoms with E-state index >= 15 is 0 Å². The molecule has 1 aromatic heterocycles. The fourth-order valence-corrected chi connectivity index (χ4v) is 2.45. The molecule has 6 nitrogen and oxygen atoms in total. The highest BCUT2D eigenvalue weighted by Gasteiger charge is 2.11. The van der Waals surface area contributed by atoms with Gasteiger partial charge in [0.25, 0.3) is 5.91 Å². The van der Waals surface area contributed by atoms with Gasteiger partial charge in [0.05, 0.1) is 0 Å². The van der Waals surface area contributed by atoms with Gasteiger partial charge in [0.2, 0.25) is 0 Å². The maximum atomic E-state index is 12.4. The molecule has 0 aliphatic heterocycles. The molecule has 24 heavy (non-hydrogen) atoms. The fraction of sp³-hybridized carbons (Fsp3) is 0.353. The van der Waals surface area contributed by atoms with Crippen LogP contribution >= 0.6 is 15.9 Å². The number of hydrogen-bond donors (Lipinski definition) is 2. The van der Waals surface area contributed by atoms with E-state index in [2.05, 4.69) is 36.5 Å². The van der Waals surface area contributed by atoms with Crippen LogP contribution in [-0.4, -0.2) is 36.1 Å². The number of anilines is 2. The topological polar surface area (TPSA) is 76.1 Å². The second kappa shape index (κ2) is 8.75. The molecule has 0 aliphatic rings. The highest BCUT2D eigenvalue weighted by molar-refractivity contribution is 9.10. The van der Waals surface area contributed by atoms with Crippen LogP contribution in [0, 0.1) is 13.8 Å². The van der Waals surface area contributed by atoms with Gasteiger partial charge in [0.1, 0.15) is 17.3 Å². The third-order valence-corrected chi connectivity index (χ3v) is 4.19. The summed E-state index contributed by atoms with van der Waals surface area (Å²) in [6.45, 7) is 5.15. The van der Waals surface area contributed by atoms with E-state index in [4.69, 9.17) is 4.74 Å². The summed E-state index contributed by atoms with van der Waals surface area (Å²) in [6.07, 6.45) is 0.860. The number of carbonyl (C=O) groups excluding carboxylic acids is 1. The zero-order valence-corrected chi connectivity index (χ0v) is 15.6. The number of aryl methyl sites for hydroxylation is 2. The number of carbonyl (C=O) groups is 1. The van der Waals surface area contributed by atoms with Crippen LogP contribution in [0.4, 0.5) is 11.5 Å². The predicted molar refractivity (Wildman–Crippen MR) is 98.6 cm³/mol. The molecule has 2 aromatic rings. The number of rotatable bonds is 7. The number of aromatic nitrogens is 2. The van der Waals surface area contributed by atoms with Gasteiger partial charge in [-0.15, -0.1) is 0 Å². The van der Waals surface area contributed by atoms with Gasteiger partial charge in [-0.2, -0.15) is 0 Å². The zero-order valence-electron chi connectivity index (χ0n) is 14.0. The fourth-order valence-electron chi connectivity index (χ4n) is 2.07. The maximum Gasteiger partial charge on any atom is 0.274 e. The molecule has 2 rings (SSSR count). The van der Waals surface area contributed by atoms with Crippen LogP contribution in [0.25, 0.3) is 0 Å². The molecule has 0 fully saturated rings. The lowest BCUT2D eigenvalue weighted by Gasteiger charge is -2.10. The summed E-state index contributed by atoms with van der Waals surface area (Å²) in [5.74, 6) is 0.909.